The van der Waals surface area contributed by atoms with Crippen LogP contribution < -0.4 is 0 Å². The summed E-state index contributed by atoms with van der Waals surface area (Å²) in [5.41, 5.74) is 0.110. The standard InChI is InChI=1S/C39H63O/c1-8-15-23-29-36(28-17-10-3)38(31-18-11-4)39(32-19-12-5,37(27-14-7)30-24-16-9-2)33-25-21-22-26-35-40-34-20-13-6/h8-9,11-17,19-20,22,26-28,36-37H,4,10,18,21,23-25,29-35H2,1-3,5-7H3/b15-8-,16-9-,19-12-,20-13+,26-22-,27-14+,28-17+. The Labute approximate surface area is 250 Å². The smallest absolute Gasteiger partial charge is 0.0651 e. The summed E-state index contributed by atoms with van der Waals surface area (Å²) < 4.78 is 5.67. The average molecular weight is 548 g/mol. The Balaban J connectivity index is 6.57. The fourth-order valence-electron chi connectivity index (χ4n) is 5.74. The molecule has 0 bridgehead atoms. The number of unbranched alkanes of at least 4 members (excludes halogenated alkanes) is 1. The van der Waals surface area contributed by atoms with Gasteiger partial charge in [-0.15, -0.1) is 6.58 Å². The molecule has 0 aliphatic carbocycles. The Morgan fingerprint density at radius 2 is 1.38 bits per heavy atom. The van der Waals surface area contributed by atoms with Gasteiger partial charge in [0.25, 0.3) is 0 Å². The zero-order valence-electron chi connectivity index (χ0n) is 27.1. The van der Waals surface area contributed by atoms with Crippen LogP contribution in [-0.2, 0) is 4.74 Å². The van der Waals surface area contributed by atoms with E-state index in [0.29, 0.717) is 25.0 Å². The summed E-state index contributed by atoms with van der Waals surface area (Å²) >= 11 is 0. The van der Waals surface area contributed by atoms with E-state index in [0.717, 1.165) is 44.9 Å². The van der Waals surface area contributed by atoms with Gasteiger partial charge in [-0.3, -0.25) is 0 Å². The van der Waals surface area contributed by atoms with E-state index in [1.54, 1.807) is 5.92 Å². The van der Waals surface area contributed by atoms with Crippen molar-refractivity contribution in [2.24, 2.45) is 17.3 Å². The first kappa shape index (κ1) is 37.9. The molecule has 0 aliphatic rings. The van der Waals surface area contributed by atoms with Crippen LogP contribution in [-0.4, -0.2) is 13.2 Å². The molecular weight excluding hydrogens is 484 g/mol. The van der Waals surface area contributed by atoms with Gasteiger partial charge in [-0.1, -0.05) is 98.1 Å². The van der Waals surface area contributed by atoms with E-state index in [1.165, 1.54) is 25.7 Å². The molecule has 225 valence electrons. The van der Waals surface area contributed by atoms with Crippen molar-refractivity contribution >= 4 is 0 Å². The minimum Gasteiger partial charge on any atom is -0.373 e. The number of hydrogen-bond donors (Lipinski definition) is 0. The summed E-state index contributed by atoms with van der Waals surface area (Å²) in [7, 11) is 0. The van der Waals surface area contributed by atoms with E-state index in [9.17, 15) is 0 Å². The average Bonchev–Trinajstić information content (AvgIpc) is 2.96. The lowest BCUT2D eigenvalue weighted by molar-refractivity contribution is 0.153. The van der Waals surface area contributed by atoms with Gasteiger partial charge in [-0.05, 0) is 128 Å². The lowest BCUT2D eigenvalue weighted by Gasteiger charge is -2.48. The molecule has 0 aliphatic heterocycles. The summed E-state index contributed by atoms with van der Waals surface area (Å²) in [6, 6.07) is 0. The first-order valence-electron chi connectivity index (χ1n) is 16.0. The van der Waals surface area contributed by atoms with E-state index in [1.807, 2.05) is 13.0 Å². The van der Waals surface area contributed by atoms with E-state index in [-0.39, 0.29) is 5.41 Å². The molecule has 0 amide bonds. The van der Waals surface area contributed by atoms with Crippen molar-refractivity contribution in [1.29, 1.82) is 0 Å². The van der Waals surface area contributed by atoms with Crippen molar-refractivity contribution in [2.45, 2.75) is 112 Å². The summed E-state index contributed by atoms with van der Waals surface area (Å²) in [6.07, 6.45) is 46.6. The molecule has 0 saturated heterocycles. The third-order valence-electron chi connectivity index (χ3n) is 7.75. The summed E-state index contributed by atoms with van der Waals surface area (Å²) in [4.78, 5) is 0. The second-order valence-electron chi connectivity index (χ2n) is 10.6. The van der Waals surface area contributed by atoms with Crippen LogP contribution in [0.2, 0.25) is 0 Å². The molecule has 0 aromatic rings. The monoisotopic (exact) mass is 547 g/mol. The summed E-state index contributed by atoms with van der Waals surface area (Å²) in [6.45, 7) is 18.4. The molecular formula is C39H63O. The molecule has 0 spiro atoms. The van der Waals surface area contributed by atoms with Gasteiger partial charge in [0.15, 0.2) is 0 Å². The van der Waals surface area contributed by atoms with Crippen molar-refractivity contribution < 1.29 is 4.74 Å². The molecule has 0 saturated carbocycles. The molecule has 1 radical (unpaired) electrons. The van der Waals surface area contributed by atoms with Gasteiger partial charge in [0, 0.05) is 0 Å². The Kier molecular flexibility index (Phi) is 25.6. The molecule has 40 heavy (non-hydrogen) atoms. The van der Waals surface area contributed by atoms with Gasteiger partial charge in [0.1, 0.15) is 0 Å². The van der Waals surface area contributed by atoms with Gasteiger partial charge in [0.2, 0.25) is 0 Å². The fourth-order valence-corrected chi connectivity index (χ4v) is 5.74. The Morgan fingerprint density at radius 1 is 0.700 bits per heavy atom. The molecule has 3 unspecified atom stereocenters. The minimum absolute atomic E-state index is 0.110. The van der Waals surface area contributed by atoms with Gasteiger partial charge in [-0.25, -0.2) is 0 Å². The number of ether oxygens (including phenoxy) is 1. The second kappa shape index (κ2) is 27.1. The Hall–Kier alpha value is -2.12. The first-order chi connectivity index (χ1) is 19.6. The van der Waals surface area contributed by atoms with Crippen molar-refractivity contribution in [3.8, 4) is 0 Å². The van der Waals surface area contributed by atoms with Gasteiger partial charge >= 0.3 is 0 Å². The van der Waals surface area contributed by atoms with Crippen LogP contribution in [0.25, 0.3) is 0 Å². The van der Waals surface area contributed by atoms with E-state index in [2.05, 4.69) is 126 Å². The number of hydrogen-bond acceptors (Lipinski definition) is 1. The van der Waals surface area contributed by atoms with Gasteiger partial charge < -0.3 is 4.74 Å². The molecule has 1 heteroatoms. The molecule has 1 nitrogen and oxygen atoms in total. The molecule has 0 N–H and O–H groups in total. The van der Waals surface area contributed by atoms with E-state index >= 15 is 0 Å². The molecule has 0 fully saturated rings. The minimum atomic E-state index is 0.110. The Morgan fingerprint density at radius 3 is 2.00 bits per heavy atom. The van der Waals surface area contributed by atoms with Gasteiger partial charge in [-0.2, -0.15) is 0 Å². The highest BCUT2D eigenvalue weighted by atomic mass is 16.5. The third kappa shape index (κ3) is 16.2. The normalized spacial score (nSPS) is 16.3. The predicted octanol–water partition coefficient (Wildman–Crippen LogP) is 12.3. The van der Waals surface area contributed by atoms with Crippen LogP contribution >= 0.6 is 0 Å². The quantitative estimate of drug-likeness (QED) is 0.0815. The number of rotatable bonds is 25. The highest BCUT2D eigenvalue weighted by Gasteiger charge is 2.45. The summed E-state index contributed by atoms with van der Waals surface area (Å²) in [5.74, 6) is 2.71. The fraction of sp³-hybridized carbons (Fsp3) is 0.564. The lowest BCUT2D eigenvalue weighted by atomic mass is 9.55. The molecule has 0 aromatic carbocycles. The highest BCUT2D eigenvalue weighted by Crippen LogP contribution is 2.54. The topological polar surface area (TPSA) is 9.23 Å². The number of allylic oxidation sites excluding steroid dienone is 13. The van der Waals surface area contributed by atoms with Crippen LogP contribution in [0.4, 0.5) is 0 Å². The van der Waals surface area contributed by atoms with Crippen LogP contribution in [0, 0.1) is 23.2 Å². The zero-order valence-corrected chi connectivity index (χ0v) is 27.1. The van der Waals surface area contributed by atoms with Crippen LogP contribution in [0.3, 0.4) is 0 Å². The van der Waals surface area contributed by atoms with Crippen LogP contribution in [0.15, 0.2) is 97.7 Å². The van der Waals surface area contributed by atoms with Gasteiger partial charge in [0.05, 0.1) is 13.2 Å². The SMILES string of the molecule is C=CCC[C](C(/C=C/CC)CC/C=C\C)C(C/C=C\C)(CCC/C=C\COC/C=C/C)C(/C=C/C)CC/C=C\C. The maximum absolute atomic E-state index is 5.67. The lowest BCUT2D eigenvalue weighted by Crippen LogP contribution is -2.39. The third-order valence-corrected chi connectivity index (χ3v) is 7.75. The molecule has 0 aromatic heterocycles. The van der Waals surface area contributed by atoms with Crippen LogP contribution in [0.1, 0.15) is 112 Å². The first-order valence-corrected chi connectivity index (χ1v) is 16.0. The van der Waals surface area contributed by atoms with E-state index < -0.39 is 0 Å². The molecule has 3 atom stereocenters. The van der Waals surface area contributed by atoms with Crippen molar-refractivity contribution in [3.05, 3.63) is 104 Å². The predicted molar refractivity (Wildman–Crippen MR) is 182 cm³/mol. The molecule has 0 rings (SSSR count). The van der Waals surface area contributed by atoms with E-state index in [4.69, 9.17) is 4.74 Å². The van der Waals surface area contributed by atoms with Crippen molar-refractivity contribution in [3.63, 3.8) is 0 Å². The zero-order chi connectivity index (χ0) is 29.7. The largest absolute Gasteiger partial charge is 0.373 e. The second-order valence-corrected chi connectivity index (χ2v) is 10.6. The maximum Gasteiger partial charge on any atom is 0.0651 e. The maximum atomic E-state index is 5.67. The summed E-state index contributed by atoms with van der Waals surface area (Å²) in [5, 5.41) is 0. The van der Waals surface area contributed by atoms with Crippen molar-refractivity contribution in [2.75, 3.05) is 13.2 Å². The van der Waals surface area contributed by atoms with Crippen molar-refractivity contribution in [1.82, 2.24) is 0 Å². The Bertz CT molecular complexity index is 790. The highest BCUT2D eigenvalue weighted by molar-refractivity contribution is 5.22. The molecule has 0 heterocycles. The van der Waals surface area contributed by atoms with Crippen LogP contribution in [0.5, 0.6) is 0 Å².